The van der Waals surface area contributed by atoms with Crippen molar-refractivity contribution in [2.45, 2.75) is 11.8 Å². The molecule has 0 aromatic heterocycles. The maximum absolute atomic E-state index is 12.3. The number of anilines is 1. The van der Waals surface area contributed by atoms with Crippen molar-refractivity contribution in [3.8, 4) is 0 Å². The lowest BCUT2D eigenvalue weighted by atomic mass is 10.1. The third-order valence-corrected chi connectivity index (χ3v) is 3.81. The smallest absolute Gasteiger partial charge is 0.255 e. The quantitative estimate of drug-likeness (QED) is 0.390. The molecule has 0 heterocycles. The fourth-order valence-electron chi connectivity index (χ4n) is 1.90. The first-order valence-corrected chi connectivity index (χ1v) is 7.61. The van der Waals surface area contributed by atoms with Gasteiger partial charge in [-0.25, -0.2) is 0 Å². The van der Waals surface area contributed by atoms with Gasteiger partial charge in [0.15, 0.2) is 0 Å². The molecule has 0 spiro atoms. The molecule has 0 radical (unpaired) electrons. The summed E-state index contributed by atoms with van der Waals surface area (Å²) in [6, 6.07) is 14.6. The van der Waals surface area contributed by atoms with Gasteiger partial charge in [-0.05, 0) is 43.5 Å². The van der Waals surface area contributed by atoms with E-state index in [0.29, 0.717) is 22.5 Å². The van der Waals surface area contributed by atoms with Crippen molar-refractivity contribution in [3.63, 3.8) is 0 Å². The molecular formula is C16H16N2O2S. The summed E-state index contributed by atoms with van der Waals surface area (Å²) in [7, 11) is 0. The fourth-order valence-corrected chi connectivity index (χ4v) is 2.31. The largest absolute Gasteiger partial charge is 0.411 e. The number of benzene rings is 2. The highest BCUT2D eigenvalue weighted by molar-refractivity contribution is 7.98. The van der Waals surface area contributed by atoms with Crippen LogP contribution in [0.4, 0.5) is 5.69 Å². The van der Waals surface area contributed by atoms with Crippen LogP contribution >= 0.6 is 11.8 Å². The van der Waals surface area contributed by atoms with Gasteiger partial charge in [-0.2, -0.15) is 0 Å². The van der Waals surface area contributed by atoms with Gasteiger partial charge in [0.1, 0.15) is 0 Å². The fraction of sp³-hybridized carbons (Fsp3) is 0.125. The summed E-state index contributed by atoms with van der Waals surface area (Å²) in [5.41, 5.74) is 2.34. The van der Waals surface area contributed by atoms with Crippen molar-refractivity contribution in [1.29, 1.82) is 0 Å². The average Bonchev–Trinajstić information content (AvgIpc) is 2.54. The molecule has 0 atom stereocenters. The van der Waals surface area contributed by atoms with E-state index in [-0.39, 0.29) is 5.91 Å². The zero-order chi connectivity index (χ0) is 15.2. The topological polar surface area (TPSA) is 61.7 Å². The van der Waals surface area contributed by atoms with E-state index in [9.17, 15) is 4.79 Å². The first-order valence-electron chi connectivity index (χ1n) is 6.39. The van der Waals surface area contributed by atoms with E-state index in [1.807, 2.05) is 30.5 Å². The summed E-state index contributed by atoms with van der Waals surface area (Å²) < 4.78 is 0. The Morgan fingerprint density at radius 3 is 2.43 bits per heavy atom. The molecule has 0 aliphatic heterocycles. The molecule has 1 amide bonds. The predicted octanol–water partition coefficient (Wildman–Crippen LogP) is 3.86. The minimum absolute atomic E-state index is 0.194. The van der Waals surface area contributed by atoms with E-state index in [1.54, 1.807) is 43.0 Å². The number of carbonyl (C=O) groups is 1. The van der Waals surface area contributed by atoms with Crippen LogP contribution < -0.4 is 5.32 Å². The van der Waals surface area contributed by atoms with E-state index in [1.165, 1.54) is 0 Å². The number of para-hydroxylation sites is 1. The third-order valence-electron chi connectivity index (χ3n) is 3.07. The maximum Gasteiger partial charge on any atom is 0.255 e. The lowest BCUT2D eigenvalue weighted by molar-refractivity contribution is 0.102. The van der Waals surface area contributed by atoms with Crippen molar-refractivity contribution in [1.82, 2.24) is 0 Å². The van der Waals surface area contributed by atoms with Crippen LogP contribution in [0.5, 0.6) is 0 Å². The van der Waals surface area contributed by atoms with E-state index in [2.05, 4.69) is 10.5 Å². The number of nitrogens with zero attached hydrogens (tertiary/aromatic N) is 1. The summed E-state index contributed by atoms with van der Waals surface area (Å²) in [6.07, 6.45) is 1.99. The Balaban J connectivity index is 2.23. The highest BCUT2D eigenvalue weighted by Gasteiger charge is 2.10. The Hall–Kier alpha value is -2.27. The van der Waals surface area contributed by atoms with Crippen molar-refractivity contribution >= 4 is 29.1 Å². The zero-order valence-electron chi connectivity index (χ0n) is 11.8. The van der Waals surface area contributed by atoms with Crippen LogP contribution in [0.25, 0.3) is 0 Å². The second-order valence-electron chi connectivity index (χ2n) is 4.41. The second-order valence-corrected chi connectivity index (χ2v) is 5.29. The van der Waals surface area contributed by atoms with Crippen molar-refractivity contribution < 1.29 is 10.0 Å². The number of hydrogen-bond donors (Lipinski definition) is 2. The second kappa shape index (κ2) is 6.95. The summed E-state index contributed by atoms with van der Waals surface area (Å²) in [5, 5.41) is 14.9. The molecule has 4 nitrogen and oxygen atoms in total. The average molecular weight is 300 g/mol. The highest BCUT2D eigenvalue weighted by atomic mass is 32.2. The molecule has 0 aliphatic rings. The molecule has 108 valence electrons. The number of amides is 1. The van der Waals surface area contributed by atoms with Crippen LogP contribution in [0.1, 0.15) is 22.8 Å². The van der Waals surface area contributed by atoms with Crippen molar-refractivity contribution in [2.24, 2.45) is 5.16 Å². The highest BCUT2D eigenvalue weighted by Crippen LogP contribution is 2.19. The molecule has 2 rings (SSSR count). The standard InChI is InChI=1S/C16H16N2O2S/c1-11(18-20)14-5-3-4-6-15(14)17-16(19)12-7-9-13(21-2)10-8-12/h3-10,20H,1-2H3,(H,17,19). The zero-order valence-corrected chi connectivity index (χ0v) is 12.6. The van der Waals surface area contributed by atoms with Crippen LogP contribution in [0, 0.1) is 0 Å². The molecule has 21 heavy (non-hydrogen) atoms. The molecule has 0 fully saturated rings. The molecular weight excluding hydrogens is 284 g/mol. The minimum atomic E-state index is -0.194. The van der Waals surface area contributed by atoms with Gasteiger partial charge in [0.2, 0.25) is 0 Å². The molecule has 0 bridgehead atoms. The Bertz CT molecular complexity index is 666. The number of hydrogen-bond acceptors (Lipinski definition) is 4. The van der Waals surface area contributed by atoms with Gasteiger partial charge in [0.25, 0.3) is 5.91 Å². The molecule has 2 aromatic rings. The van der Waals surface area contributed by atoms with Gasteiger partial charge >= 0.3 is 0 Å². The maximum atomic E-state index is 12.3. The number of carbonyl (C=O) groups excluding carboxylic acids is 1. The number of rotatable bonds is 4. The molecule has 0 unspecified atom stereocenters. The Kier molecular flexibility index (Phi) is 5.00. The number of thioether (sulfide) groups is 1. The van der Waals surface area contributed by atoms with Gasteiger partial charge in [-0.1, -0.05) is 23.4 Å². The van der Waals surface area contributed by atoms with Gasteiger partial charge < -0.3 is 10.5 Å². The van der Waals surface area contributed by atoms with Crippen molar-refractivity contribution in [2.75, 3.05) is 11.6 Å². The van der Waals surface area contributed by atoms with Gasteiger partial charge in [0, 0.05) is 16.0 Å². The van der Waals surface area contributed by atoms with Crippen LogP contribution in [0.15, 0.2) is 58.6 Å². The van der Waals surface area contributed by atoms with Crippen molar-refractivity contribution in [3.05, 3.63) is 59.7 Å². The SMILES string of the molecule is CSc1ccc(C(=O)Nc2ccccc2C(C)=NO)cc1. The molecule has 0 saturated heterocycles. The lowest BCUT2D eigenvalue weighted by Gasteiger charge is -2.10. The Morgan fingerprint density at radius 1 is 1.14 bits per heavy atom. The summed E-state index contributed by atoms with van der Waals surface area (Å²) in [5.74, 6) is -0.194. The van der Waals surface area contributed by atoms with Gasteiger partial charge in [-0.15, -0.1) is 11.8 Å². The molecule has 2 N–H and O–H groups in total. The molecule has 0 aliphatic carbocycles. The first-order chi connectivity index (χ1) is 10.2. The lowest BCUT2D eigenvalue weighted by Crippen LogP contribution is -2.14. The van der Waals surface area contributed by atoms with Crippen LogP contribution in [0.2, 0.25) is 0 Å². The van der Waals surface area contributed by atoms with Gasteiger partial charge in [-0.3, -0.25) is 4.79 Å². The monoisotopic (exact) mass is 300 g/mol. The molecule has 0 saturated carbocycles. The molecule has 2 aromatic carbocycles. The van der Waals surface area contributed by atoms with E-state index in [4.69, 9.17) is 5.21 Å². The number of oxime groups is 1. The molecule has 5 heteroatoms. The predicted molar refractivity (Wildman–Crippen MR) is 86.6 cm³/mol. The Labute approximate surface area is 127 Å². The summed E-state index contributed by atoms with van der Waals surface area (Å²) in [4.78, 5) is 13.4. The summed E-state index contributed by atoms with van der Waals surface area (Å²) >= 11 is 1.63. The Morgan fingerprint density at radius 2 is 1.81 bits per heavy atom. The van der Waals surface area contributed by atoms with E-state index in [0.717, 1.165) is 4.90 Å². The minimum Gasteiger partial charge on any atom is -0.411 e. The van der Waals surface area contributed by atoms with Crippen LogP contribution in [-0.2, 0) is 0 Å². The van der Waals surface area contributed by atoms with Crippen LogP contribution in [0.3, 0.4) is 0 Å². The van der Waals surface area contributed by atoms with Gasteiger partial charge in [0.05, 0.1) is 11.4 Å². The van der Waals surface area contributed by atoms with Crippen LogP contribution in [-0.4, -0.2) is 23.1 Å². The first kappa shape index (κ1) is 15.1. The van der Waals surface area contributed by atoms with E-state index >= 15 is 0 Å². The number of nitrogens with one attached hydrogen (secondary N) is 1. The summed E-state index contributed by atoms with van der Waals surface area (Å²) in [6.45, 7) is 1.68. The van der Waals surface area contributed by atoms with E-state index < -0.39 is 0 Å². The third kappa shape index (κ3) is 3.64. The normalized spacial score (nSPS) is 11.2.